The van der Waals surface area contributed by atoms with Crippen LogP contribution in [-0.2, 0) is 29.4 Å². The van der Waals surface area contributed by atoms with Gasteiger partial charge in [-0.05, 0) is 99.4 Å². The zero-order chi connectivity index (χ0) is 35.2. The van der Waals surface area contributed by atoms with Gasteiger partial charge in [0.2, 0.25) is 0 Å². The number of halogens is 4. The van der Waals surface area contributed by atoms with Gasteiger partial charge in [-0.3, -0.25) is 4.79 Å². The lowest BCUT2D eigenvalue weighted by Crippen LogP contribution is -2.53. The second-order valence-corrected chi connectivity index (χ2v) is 15.4. The Kier molecular flexibility index (Phi) is 13.4. The van der Waals surface area contributed by atoms with Crippen molar-refractivity contribution in [2.45, 2.75) is 117 Å². The molecule has 2 saturated carbocycles. The predicted octanol–water partition coefficient (Wildman–Crippen LogP) is 10.5. The molecule has 2 aliphatic carbocycles. The quantitative estimate of drug-likeness (QED) is 0.141. The molecule has 5 nitrogen and oxygen atoms in total. The van der Waals surface area contributed by atoms with Crippen LogP contribution in [0.2, 0.25) is 0 Å². The van der Waals surface area contributed by atoms with Crippen LogP contribution in [0.3, 0.4) is 0 Å². The Morgan fingerprint density at radius 2 is 1.79 bits per heavy atom. The van der Waals surface area contributed by atoms with Crippen molar-refractivity contribution in [1.82, 2.24) is 0 Å². The minimum absolute atomic E-state index is 0.0334. The number of hydrogen-bond donors (Lipinski definition) is 0. The van der Waals surface area contributed by atoms with Crippen LogP contribution < -0.4 is 0 Å². The number of carbonyl (C=O) groups is 2. The third-order valence-electron chi connectivity index (χ3n) is 10.7. The molecule has 3 rings (SSSR count). The van der Waals surface area contributed by atoms with Crippen LogP contribution in [-0.4, -0.2) is 37.9 Å². The zero-order valence-electron chi connectivity index (χ0n) is 29.2. The molecule has 0 aliphatic heterocycles. The van der Waals surface area contributed by atoms with Gasteiger partial charge in [-0.1, -0.05) is 92.0 Å². The van der Waals surface area contributed by atoms with E-state index in [4.69, 9.17) is 14.2 Å². The van der Waals surface area contributed by atoms with Gasteiger partial charge in [0.05, 0.1) is 5.41 Å². The molecule has 9 heteroatoms. The molecular formula is C38H54BrF3O5. The molecule has 0 unspecified atom stereocenters. The zero-order valence-corrected chi connectivity index (χ0v) is 30.8. The van der Waals surface area contributed by atoms with Gasteiger partial charge in [-0.15, -0.1) is 0 Å². The van der Waals surface area contributed by atoms with Crippen molar-refractivity contribution in [3.8, 4) is 0 Å². The highest BCUT2D eigenvalue weighted by atomic mass is 79.9. The van der Waals surface area contributed by atoms with Crippen molar-refractivity contribution in [2.75, 3.05) is 13.7 Å². The van der Waals surface area contributed by atoms with Gasteiger partial charge >= 0.3 is 18.1 Å². The summed E-state index contributed by atoms with van der Waals surface area (Å²) in [4.78, 5) is 28.8. The molecule has 0 aromatic heterocycles. The first-order chi connectivity index (χ1) is 22.0. The number of hydrogen-bond acceptors (Lipinski definition) is 5. The molecule has 0 radical (unpaired) electrons. The van der Waals surface area contributed by atoms with Crippen LogP contribution in [0, 0.1) is 34.5 Å². The molecule has 264 valence electrons. The summed E-state index contributed by atoms with van der Waals surface area (Å²) in [5, 5.41) is 0. The lowest BCUT2D eigenvalue weighted by atomic mass is 9.61. The van der Waals surface area contributed by atoms with E-state index >= 15 is 0 Å². The topological polar surface area (TPSA) is 61.8 Å². The van der Waals surface area contributed by atoms with Gasteiger partial charge in [0.1, 0.15) is 12.7 Å². The maximum absolute atomic E-state index is 15.0. The maximum atomic E-state index is 15.0. The maximum Gasteiger partial charge on any atom is 0.432 e. The van der Waals surface area contributed by atoms with Gasteiger partial charge in [0.25, 0.3) is 5.60 Å². The van der Waals surface area contributed by atoms with E-state index in [2.05, 4.69) is 41.3 Å². The van der Waals surface area contributed by atoms with E-state index in [9.17, 15) is 22.8 Å². The number of rotatable bonds is 14. The van der Waals surface area contributed by atoms with E-state index in [0.29, 0.717) is 30.3 Å². The van der Waals surface area contributed by atoms with Crippen molar-refractivity contribution >= 4 is 27.9 Å². The molecule has 1 aromatic rings. The second kappa shape index (κ2) is 16.1. The number of allylic oxidation sites excluding steroid dienone is 1. The average molecular weight is 728 g/mol. The first-order valence-corrected chi connectivity index (χ1v) is 17.9. The van der Waals surface area contributed by atoms with Crippen LogP contribution in [0.25, 0.3) is 0 Å². The molecule has 47 heavy (non-hydrogen) atoms. The highest BCUT2D eigenvalue weighted by Gasteiger charge is 2.64. The lowest BCUT2D eigenvalue weighted by molar-refractivity contribution is -0.279. The molecule has 2 fully saturated rings. The number of alkyl halides is 3. The molecule has 2 aliphatic rings. The lowest BCUT2D eigenvalue weighted by Gasteiger charge is -2.45. The Morgan fingerprint density at radius 1 is 1.13 bits per heavy atom. The average Bonchev–Trinajstić information content (AvgIpc) is 3.37. The first kappa shape index (κ1) is 39.3. The normalized spacial score (nSPS) is 25.7. The Hall–Kier alpha value is -2.13. The monoisotopic (exact) mass is 726 g/mol. The summed E-state index contributed by atoms with van der Waals surface area (Å²) >= 11 is 3.58. The van der Waals surface area contributed by atoms with Crippen molar-refractivity contribution in [2.24, 2.45) is 34.5 Å². The number of carbonyl (C=O) groups excluding carboxylic acids is 2. The van der Waals surface area contributed by atoms with E-state index in [-0.39, 0.29) is 23.5 Å². The fourth-order valence-electron chi connectivity index (χ4n) is 8.14. The highest BCUT2D eigenvalue weighted by molar-refractivity contribution is 9.11. The summed E-state index contributed by atoms with van der Waals surface area (Å²) < 4.78 is 61.7. The first-order valence-electron chi connectivity index (χ1n) is 17.0. The molecule has 0 N–H and O–H groups in total. The Bertz CT molecular complexity index is 1260. The van der Waals surface area contributed by atoms with Crippen molar-refractivity contribution in [3.05, 3.63) is 58.6 Å². The summed E-state index contributed by atoms with van der Waals surface area (Å²) in [6.45, 7) is 15.9. The fourth-order valence-corrected chi connectivity index (χ4v) is 8.68. The number of fused-ring (bicyclic) bond motifs is 1. The van der Waals surface area contributed by atoms with E-state index in [1.165, 1.54) is 29.8 Å². The van der Waals surface area contributed by atoms with E-state index in [0.717, 1.165) is 52.1 Å². The van der Waals surface area contributed by atoms with Crippen molar-refractivity contribution < 1.29 is 37.0 Å². The number of unbranched alkanes of at least 4 members (excludes halogenated alkanes) is 1. The molecule has 0 bridgehead atoms. The van der Waals surface area contributed by atoms with Gasteiger partial charge in [0.15, 0.2) is 0 Å². The van der Waals surface area contributed by atoms with Crippen LogP contribution in [0.1, 0.15) is 105 Å². The number of methoxy groups -OCH3 is 1. The van der Waals surface area contributed by atoms with Crippen LogP contribution in [0.5, 0.6) is 0 Å². The SMILES string of the molecule is C=C(COC(=O)C(C)(C)C)[C@@H](CCCC)[C@@H](C[C@@H](C)[C@H]1CC[C@H]2/C(=C/Br)CCC[C@]12C)OC(=O)[C@](OC)(c1ccccc1)C(F)(F)F. The fraction of sp³-hybridized carbons (Fsp3) is 0.684. The summed E-state index contributed by atoms with van der Waals surface area (Å²) in [7, 11) is 0.885. The molecule has 0 saturated heterocycles. The predicted molar refractivity (Wildman–Crippen MR) is 183 cm³/mol. The number of esters is 2. The minimum atomic E-state index is -5.10. The van der Waals surface area contributed by atoms with Crippen molar-refractivity contribution in [3.63, 3.8) is 0 Å². The van der Waals surface area contributed by atoms with E-state index < -0.39 is 41.2 Å². The summed E-state index contributed by atoms with van der Waals surface area (Å²) in [6.07, 6.45) is 1.65. The molecular weight excluding hydrogens is 673 g/mol. The van der Waals surface area contributed by atoms with E-state index in [1.807, 2.05) is 6.92 Å². The third-order valence-corrected chi connectivity index (χ3v) is 11.3. The highest BCUT2D eigenvalue weighted by Crippen LogP contribution is 2.60. The summed E-state index contributed by atoms with van der Waals surface area (Å²) in [5.41, 5.74) is -2.42. The van der Waals surface area contributed by atoms with Crippen LogP contribution in [0.15, 0.2) is 53.0 Å². The standard InChI is InChI=1S/C38H54BrF3O5/c1-9-10-18-29(26(3)24-46-33(43)35(4,5)6)32(22-25(2)30-19-20-31-27(23-39)15-14-21-36(30,31)7)47-34(44)37(45-8,38(40,41)42)28-16-12-11-13-17-28/h11-13,16-17,23,25,29-32H,3,9-10,14-15,18-22,24H2,1-2,4-8H3/b27-23+/t25-,29-,30-,31+,32-,36-,37-/m1/s1. The second-order valence-electron chi connectivity index (χ2n) is 14.9. The van der Waals surface area contributed by atoms with Gasteiger partial charge in [-0.2, -0.15) is 13.2 Å². The molecule has 0 amide bonds. The third kappa shape index (κ3) is 8.55. The smallest absolute Gasteiger partial charge is 0.432 e. The summed E-state index contributed by atoms with van der Waals surface area (Å²) in [5.74, 6) is -1.68. The Balaban J connectivity index is 2.04. The van der Waals surface area contributed by atoms with Gasteiger partial charge < -0.3 is 14.2 Å². The van der Waals surface area contributed by atoms with Crippen molar-refractivity contribution in [1.29, 1.82) is 0 Å². The Labute approximate surface area is 288 Å². The van der Waals surface area contributed by atoms with Crippen LogP contribution >= 0.6 is 15.9 Å². The van der Waals surface area contributed by atoms with Crippen LogP contribution in [0.4, 0.5) is 13.2 Å². The van der Waals surface area contributed by atoms with Gasteiger partial charge in [0, 0.05) is 18.6 Å². The summed E-state index contributed by atoms with van der Waals surface area (Å²) in [6, 6.07) is 6.92. The molecule has 0 heterocycles. The molecule has 7 atom stereocenters. The Morgan fingerprint density at radius 3 is 2.34 bits per heavy atom. The van der Waals surface area contributed by atoms with E-state index in [1.54, 1.807) is 26.8 Å². The van der Waals surface area contributed by atoms with Gasteiger partial charge in [-0.25, -0.2) is 4.79 Å². The number of ether oxygens (including phenoxy) is 3. The minimum Gasteiger partial charge on any atom is -0.461 e. The largest absolute Gasteiger partial charge is 0.461 e. The molecule has 0 spiro atoms. The molecule has 1 aromatic carbocycles. The number of benzene rings is 1.